The Labute approximate surface area is 121 Å². The standard InChI is InChI=1S/C13H18N4O2S/c1-14-11(9-5-4-6-10(7-9)19-3)8-20-13-16-15-12(18)17(13)2/h4-7,11,14H,8H2,1-3H3,(H,15,18). The van der Waals surface area contributed by atoms with Crippen molar-refractivity contribution in [2.45, 2.75) is 11.2 Å². The first-order chi connectivity index (χ1) is 9.65. The van der Waals surface area contributed by atoms with Gasteiger partial charge in [-0.1, -0.05) is 23.9 Å². The van der Waals surface area contributed by atoms with Crippen LogP contribution in [0, 0.1) is 0 Å². The Morgan fingerprint density at radius 1 is 1.55 bits per heavy atom. The van der Waals surface area contributed by atoms with Gasteiger partial charge in [-0.3, -0.25) is 4.57 Å². The molecule has 1 atom stereocenters. The van der Waals surface area contributed by atoms with E-state index in [0.717, 1.165) is 17.1 Å². The van der Waals surface area contributed by atoms with E-state index in [0.29, 0.717) is 5.16 Å². The molecule has 0 bridgehead atoms. The van der Waals surface area contributed by atoms with Gasteiger partial charge < -0.3 is 10.1 Å². The molecule has 0 saturated carbocycles. The van der Waals surface area contributed by atoms with E-state index >= 15 is 0 Å². The van der Waals surface area contributed by atoms with Crippen LogP contribution in [0.15, 0.2) is 34.2 Å². The number of aromatic nitrogens is 3. The van der Waals surface area contributed by atoms with E-state index < -0.39 is 0 Å². The van der Waals surface area contributed by atoms with Gasteiger partial charge in [0.1, 0.15) is 5.75 Å². The molecule has 1 unspecified atom stereocenters. The zero-order valence-electron chi connectivity index (χ0n) is 11.7. The van der Waals surface area contributed by atoms with Crippen molar-refractivity contribution in [2.24, 2.45) is 7.05 Å². The SMILES string of the molecule is CNC(CSc1n[nH]c(=O)n1C)c1cccc(OC)c1. The van der Waals surface area contributed by atoms with Crippen LogP contribution in [0.3, 0.4) is 0 Å². The van der Waals surface area contributed by atoms with Crippen LogP contribution in [-0.4, -0.2) is 34.7 Å². The molecule has 2 rings (SSSR count). The average Bonchev–Trinajstić information content (AvgIpc) is 2.80. The summed E-state index contributed by atoms with van der Waals surface area (Å²) in [5.74, 6) is 1.60. The number of thioether (sulfide) groups is 1. The number of nitrogens with zero attached hydrogens (tertiary/aromatic N) is 2. The number of aromatic amines is 1. The summed E-state index contributed by atoms with van der Waals surface area (Å²) in [4.78, 5) is 11.3. The third kappa shape index (κ3) is 3.23. The number of methoxy groups -OCH3 is 1. The second-order valence-electron chi connectivity index (χ2n) is 4.30. The average molecular weight is 294 g/mol. The summed E-state index contributed by atoms with van der Waals surface area (Å²) in [5, 5.41) is 10.4. The van der Waals surface area contributed by atoms with Gasteiger partial charge in [0.25, 0.3) is 0 Å². The Balaban J connectivity index is 2.09. The molecule has 7 heteroatoms. The number of nitrogens with one attached hydrogen (secondary N) is 2. The van der Waals surface area contributed by atoms with Crippen LogP contribution < -0.4 is 15.7 Å². The molecule has 20 heavy (non-hydrogen) atoms. The van der Waals surface area contributed by atoms with E-state index in [9.17, 15) is 4.79 Å². The molecular formula is C13H18N4O2S. The minimum atomic E-state index is -0.199. The number of ether oxygens (including phenoxy) is 1. The van der Waals surface area contributed by atoms with Crippen molar-refractivity contribution in [3.05, 3.63) is 40.3 Å². The molecule has 1 heterocycles. The number of H-pyrrole nitrogens is 1. The monoisotopic (exact) mass is 294 g/mol. The molecule has 1 aromatic heterocycles. The van der Waals surface area contributed by atoms with Crippen molar-refractivity contribution in [3.8, 4) is 5.75 Å². The van der Waals surface area contributed by atoms with Gasteiger partial charge in [-0.15, -0.1) is 5.10 Å². The highest BCUT2D eigenvalue weighted by Crippen LogP contribution is 2.24. The maximum absolute atomic E-state index is 11.3. The molecule has 2 aromatic rings. The summed E-state index contributed by atoms with van der Waals surface area (Å²) >= 11 is 1.53. The normalized spacial score (nSPS) is 12.3. The largest absolute Gasteiger partial charge is 0.497 e. The summed E-state index contributed by atoms with van der Waals surface area (Å²) in [6.45, 7) is 0. The zero-order valence-corrected chi connectivity index (χ0v) is 12.5. The maximum atomic E-state index is 11.3. The Hall–Kier alpha value is -1.73. The number of benzene rings is 1. The fourth-order valence-electron chi connectivity index (χ4n) is 1.82. The molecule has 6 nitrogen and oxygen atoms in total. The van der Waals surface area contributed by atoms with Gasteiger partial charge in [0.15, 0.2) is 5.16 Å². The van der Waals surface area contributed by atoms with Gasteiger partial charge in [0.05, 0.1) is 7.11 Å². The first-order valence-corrected chi connectivity index (χ1v) is 7.19. The van der Waals surface area contributed by atoms with Crippen molar-refractivity contribution in [3.63, 3.8) is 0 Å². The molecule has 0 spiro atoms. The van der Waals surface area contributed by atoms with E-state index in [4.69, 9.17) is 4.74 Å². The maximum Gasteiger partial charge on any atom is 0.343 e. The van der Waals surface area contributed by atoms with Gasteiger partial charge in [-0.25, -0.2) is 9.89 Å². The van der Waals surface area contributed by atoms with Crippen molar-refractivity contribution >= 4 is 11.8 Å². The first-order valence-electron chi connectivity index (χ1n) is 6.21. The van der Waals surface area contributed by atoms with Crippen molar-refractivity contribution in [2.75, 3.05) is 19.9 Å². The fraction of sp³-hybridized carbons (Fsp3) is 0.385. The topological polar surface area (TPSA) is 71.9 Å². The Bertz CT molecular complexity index is 623. The lowest BCUT2D eigenvalue weighted by Crippen LogP contribution is -2.19. The third-order valence-corrected chi connectivity index (χ3v) is 4.19. The van der Waals surface area contributed by atoms with Crippen LogP contribution in [0.5, 0.6) is 5.75 Å². The van der Waals surface area contributed by atoms with Gasteiger partial charge >= 0.3 is 5.69 Å². The van der Waals surface area contributed by atoms with Crippen LogP contribution in [0.25, 0.3) is 0 Å². The highest BCUT2D eigenvalue weighted by atomic mass is 32.2. The molecule has 108 valence electrons. The van der Waals surface area contributed by atoms with E-state index in [1.54, 1.807) is 14.2 Å². The molecule has 2 N–H and O–H groups in total. The molecule has 0 saturated heterocycles. The molecule has 0 radical (unpaired) electrons. The predicted molar refractivity (Wildman–Crippen MR) is 79.3 cm³/mol. The Morgan fingerprint density at radius 3 is 2.95 bits per heavy atom. The lowest BCUT2D eigenvalue weighted by atomic mass is 10.1. The number of rotatable bonds is 6. The van der Waals surface area contributed by atoms with Crippen molar-refractivity contribution < 1.29 is 4.74 Å². The minimum absolute atomic E-state index is 0.155. The van der Waals surface area contributed by atoms with Crippen molar-refractivity contribution in [1.29, 1.82) is 0 Å². The van der Waals surface area contributed by atoms with E-state index in [1.165, 1.54) is 16.3 Å². The first kappa shape index (κ1) is 14.7. The Morgan fingerprint density at radius 2 is 2.35 bits per heavy atom. The van der Waals surface area contributed by atoms with Gasteiger partial charge in [0.2, 0.25) is 0 Å². The van der Waals surface area contributed by atoms with Crippen LogP contribution in [0.2, 0.25) is 0 Å². The second-order valence-corrected chi connectivity index (χ2v) is 5.29. The van der Waals surface area contributed by atoms with Gasteiger partial charge in [-0.2, -0.15) is 0 Å². The number of hydrogen-bond acceptors (Lipinski definition) is 5. The smallest absolute Gasteiger partial charge is 0.343 e. The molecule has 0 aliphatic heterocycles. The molecule has 1 aromatic carbocycles. The van der Waals surface area contributed by atoms with Crippen molar-refractivity contribution in [1.82, 2.24) is 20.1 Å². The van der Waals surface area contributed by atoms with Crippen LogP contribution in [0.1, 0.15) is 11.6 Å². The summed E-state index contributed by atoms with van der Waals surface area (Å²) < 4.78 is 6.74. The van der Waals surface area contributed by atoms with E-state index in [-0.39, 0.29) is 11.7 Å². The van der Waals surface area contributed by atoms with Crippen LogP contribution in [-0.2, 0) is 7.05 Å². The lowest BCUT2D eigenvalue weighted by Gasteiger charge is -2.16. The fourth-order valence-corrected chi connectivity index (χ4v) is 2.89. The van der Waals surface area contributed by atoms with Gasteiger partial charge in [-0.05, 0) is 24.7 Å². The summed E-state index contributed by atoms with van der Waals surface area (Å²) in [6, 6.07) is 8.09. The molecule has 0 amide bonds. The highest BCUT2D eigenvalue weighted by molar-refractivity contribution is 7.99. The molecule has 0 aliphatic carbocycles. The predicted octanol–water partition coefficient (Wildman–Crippen LogP) is 1.17. The number of hydrogen-bond donors (Lipinski definition) is 2. The van der Waals surface area contributed by atoms with Crippen LogP contribution in [0.4, 0.5) is 0 Å². The van der Waals surface area contributed by atoms with Crippen LogP contribution >= 0.6 is 11.8 Å². The minimum Gasteiger partial charge on any atom is -0.497 e. The van der Waals surface area contributed by atoms with E-state index in [1.807, 2.05) is 31.3 Å². The third-order valence-electron chi connectivity index (χ3n) is 3.06. The summed E-state index contributed by atoms with van der Waals surface area (Å²) in [6.07, 6.45) is 0. The quantitative estimate of drug-likeness (QED) is 0.783. The highest BCUT2D eigenvalue weighted by Gasteiger charge is 2.13. The zero-order chi connectivity index (χ0) is 14.5. The Kier molecular flexibility index (Phi) is 4.86. The summed E-state index contributed by atoms with van der Waals surface area (Å²) in [5.41, 5.74) is 0.940. The second kappa shape index (κ2) is 6.62. The molecule has 0 aliphatic rings. The summed E-state index contributed by atoms with van der Waals surface area (Å²) in [7, 11) is 5.27. The van der Waals surface area contributed by atoms with Gasteiger partial charge in [0, 0.05) is 18.8 Å². The molecule has 0 fully saturated rings. The van der Waals surface area contributed by atoms with E-state index in [2.05, 4.69) is 15.5 Å². The molecular weight excluding hydrogens is 276 g/mol. The lowest BCUT2D eigenvalue weighted by molar-refractivity contribution is 0.413.